The average molecular weight is 513 g/mol. The van der Waals surface area contributed by atoms with Crippen molar-refractivity contribution in [2.45, 2.75) is 25.8 Å². The number of thiazole rings is 1. The van der Waals surface area contributed by atoms with Gasteiger partial charge >= 0.3 is 0 Å². The van der Waals surface area contributed by atoms with Crippen LogP contribution in [0.1, 0.15) is 53.1 Å². The number of nitrogens with zero attached hydrogens (tertiary/aromatic N) is 2. The molecule has 1 amide bonds. The van der Waals surface area contributed by atoms with Gasteiger partial charge in [0.15, 0.2) is 22.1 Å². The number of para-hydroxylation sites is 1. The normalized spacial score (nSPS) is 15.1. The van der Waals surface area contributed by atoms with Gasteiger partial charge in [-0.25, -0.2) is 4.98 Å². The molecular formula is C29H24N2O5S. The van der Waals surface area contributed by atoms with Crippen LogP contribution in [-0.2, 0) is 0 Å². The molecular weight excluding hydrogens is 488 g/mol. The first kappa shape index (κ1) is 23.2. The van der Waals surface area contributed by atoms with Crippen LogP contribution in [0, 0.1) is 0 Å². The molecule has 0 saturated carbocycles. The van der Waals surface area contributed by atoms with Crippen molar-refractivity contribution in [2.24, 2.45) is 0 Å². The summed E-state index contributed by atoms with van der Waals surface area (Å²) >= 11 is 1.42. The number of hydrogen-bond acceptors (Lipinski definition) is 7. The van der Waals surface area contributed by atoms with Gasteiger partial charge in [0.25, 0.3) is 5.91 Å². The lowest BCUT2D eigenvalue weighted by atomic mass is 9.98. The van der Waals surface area contributed by atoms with Crippen molar-refractivity contribution in [3.63, 3.8) is 0 Å². The van der Waals surface area contributed by atoms with Crippen LogP contribution in [0.3, 0.4) is 0 Å². The standard InChI is InChI=1S/C29H24N2O5S/c1-15(2)16-9-11-19-23(14-16)37-29(30-19)31-25(17-10-12-21(34-3)22(13-17)35-4)24-26(32)18-7-5-6-8-20(18)36-27(24)28(31)33/h5-15,25H,1-4H3/t25-/m0/s1. The second kappa shape index (κ2) is 8.74. The Balaban J connectivity index is 1.61. The summed E-state index contributed by atoms with van der Waals surface area (Å²) in [5.74, 6) is 1.04. The third-order valence-electron chi connectivity index (χ3n) is 6.77. The Kier molecular flexibility index (Phi) is 5.49. The van der Waals surface area contributed by atoms with Crippen molar-refractivity contribution in [2.75, 3.05) is 19.1 Å². The highest BCUT2D eigenvalue weighted by atomic mass is 32.1. The molecule has 3 aromatic carbocycles. The first-order chi connectivity index (χ1) is 17.9. The van der Waals surface area contributed by atoms with E-state index in [-0.39, 0.29) is 16.8 Å². The van der Waals surface area contributed by atoms with Gasteiger partial charge in [-0.2, -0.15) is 0 Å². The third kappa shape index (κ3) is 3.59. The van der Waals surface area contributed by atoms with Gasteiger partial charge in [0.05, 0.1) is 41.4 Å². The number of ether oxygens (including phenoxy) is 2. The van der Waals surface area contributed by atoms with Gasteiger partial charge in [-0.1, -0.05) is 49.4 Å². The Morgan fingerprint density at radius 2 is 1.76 bits per heavy atom. The van der Waals surface area contributed by atoms with Crippen molar-refractivity contribution >= 4 is 43.6 Å². The summed E-state index contributed by atoms with van der Waals surface area (Å²) in [4.78, 5) is 34.1. The number of methoxy groups -OCH3 is 2. The second-order valence-corrected chi connectivity index (χ2v) is 10.2. The van der Waals surface area contributed by atoms with E-state index in [2.05, 4.69) is 26.0 Å². The zero-order chi connectivity index (χ0) is 25.8. The van der Waals surface area contributed by atoms with Gasteiger partial charge in [-0.15, -0.1) is 0 Å². The van der Waals surface area contributed by atoms with E-state index in [0.717, 1.165) is 10.2 Å². The highest BCUT2D eigenvalue weighted by Crippen LogP contribution is 2.45. The van der Waals surface area contributed by atoms with Crippen LogP contribution in [0.4, 0.5) is 5.13 Å². The monoisotopic (exact) mass is 512 g/mol. The summed E-state index contributed by atoms with van der Waals surface area (Å²) in [7, 11) is 3.11. The SMILES string of the molecule is COc1ccc([C@H]2c3c(oc4ccccc4c3=O)C(=O)N2c2nc3ccc(C(C)C)cc3s2)cc1OC. The summed E-state index contributed by atoms with van der Waals surface area (Å²) in [5.41, 5.74) is 3.10. The Bertz CT molecular complexity index is 1750. The minimum absolute atomic E-state index is 0.0330. The zero-order valence-corrected chi connectivity index (χ0v) is 21.6. The van der Waals surface area contributed by atoms with Gasteiger partial charge in [0.1, 0.15) is 5.58 Å². The van der Waals surface area contributed by atoms with Crippen molar-refractivity contribution in [3.05, 3.63) is 93.3 Å². The van der Waals surface area contributed by atoms with E-state index in [1.54, 1.807) is 55.5 Å². The lowest BCUT2D eigenvalue weighted by molar-refractivity contribution is 0.0971. The van der Waals surface area contributed by atoms with Crippen molar-refractivity contribution < 1.29 is 18.7 Å². The molecule has 0 saturated heterocycles. The zero-order valence-electron chi connectivity index (χ0n) is 20.8. The van der Waals surface area contributed by atoms with E-state index < -0.39 is 11.9 Å². The molecule has 1 aliphatic heterocycles. The summed E-state index contributed by atoms with van der Waals surface area (Å²) < 4.78 is 18.0. The Morgan fingerprint density at radius 1 is 0.973 bits per heavy atom. The van der Waals surface area contributed by atoms with Crippen molar-refractivity contribution in [1.82, 2.24) is 4.98 Å². The molecule has 0 radical (unpaired) electrons. The highest BCUT2D eigenvalue weighted by molar-refractivity contribution is 7.22. The van der Waals surface area contributed by atoms with E-state index >= 15 is 0 Å². The molecule has 7 nitrogen and oxygen atoms in total. The number of carbonyl (C=O) groups excluding carboxylic acids is 1. The number of hydrogen-bond donors (Lipinski definition) is 0. The van der Waals surface area contributed by atoms with E-state index in [0.29, 0.717) is 39.1 Å². The molecule has 3 heterocycles. The number of aromatic nitrogens is 1. The molecule has 0 bridgehead atoms. The summed E-state index contributed by atoms with van der Waals surface area (Å²) in [6.07, 6.45) is 0. The smallest absolute Gasteiger partial charge is 0.297 e. The Hall–Kier alpha value is -4.17. The lowest BCUT2D eigenvalue weighted by Gasteiger charge is -2.23. The van der Waals surface area contributed by atoms with E-state index in [1.807, 2.05) is 12.1 Å². The van der Waals surface area contributed by atoms with Crippen LogP contribution in [0.25, 0.3) is 21.2 Å². The van der Waals surface area contributed by atoms with Crippen LogP contribution in [0.15, 0.2) is 69.9 Å². The van der Waals surface area contributed by atoms with Gasteiger partial charge < -0.3 is 13.9 Å². The maximum Gasteiger partial charge on any atom is 0.297 e. The van der Waals surface area contributed by atoms with Crippen LogP contribution in [0.2, 0.25) is 0 Å². The van der Waals surface area contributed by atoms with E-state index in [1.165, 1.54) is 16.9 Å². The van der Waals surface area contributed by atoms with Crippen LogP contribution in [0.5, 0.6) is 11.5 Å². The molecule has 1 aliphatic rings. The second-order valence-electron chi connectivity index (χ2n) is 9.24. The number of anilines is 1. The van der Waals surface area contributed by atoms with Gasteiger partial charge in [-0.05, 0) is 53.4 Å². The molecule has 37 heavy (non-hydrogen) atoms. The van der Waals surface area contributed by atoms with Gasteiger partial charge in [-0.3, -0.25) is 14.5 Å². The summed E-state index contributed by atoms with van der Waals surface area (Å²) in [6.45, 7) is 4.28. The summed E-state index contributed by atoms with van der Waals surface area (Å²) in [6, 6.07) is 17.8. The van der Waals surface area contributed by atoms with Gasteiger partial charge in [0.2, 0.25) is 5.76 Å². The highest BCUT2D eigenvalue weighted by Gasteiger charge is 2.45. The predicted molar refractivity (Wildman–Crippen MR) is 144 cm³/mol. The van der Waals surface area contributed by atoms with Crippen LogP contribution < -0.4 is 19.8 Å². The van der Waals surface area contributed by atoms with Gasteiger partial charge in [0, 0.05) is 0 Å². The molecule has 0 fully saturated rings. The van der Waals surface area contributed by atoms with Crippen molar-refractivity contribution in [3.8, 4) is 11.5 Å². The van der Waals surface area contributed by atoms with E-state index in [4.69, 9.17) is 18.9 Å². The van der Waals surface area contributed by atoms with Crippen LogP contribution in [-0.4, -0.2) is 25.1 Å². The Labute approximate surface area is 216 Å². The molecule has 6 rings (SSSR count). The first-order valence-corrected chi connectivity index (χ1v) is 12.7. The number of amides is 1. The number of benzene rings is 3. The average Bonchev–Trinajstić information content (AvgIpc) is 3.46. The predicted octanol–water partition coefficient (Wildman–Crippen LogP) is 6.29. The molecule has 2 aromatic heterocycles. The number of fused-ring (bicyclic) bond motifs is 3. The van der Waals surface area contributed by atoms with E-state index in [9.17, 15) is 9.59 Å². The maximum atomic E-state index is 13.9. The number of carbonyl (C=O) groups is 1. The fraction of sp³-hybridized carbons (Fsp3) is 0.207. The fourth-order valence-electron chi connectivity index (χ4n) is 4.85. The molecule has 0 N–H and O–H groups in total. The maximum absolute atomic E-state index is 13.9. The lowest BCUT2D eigenvalue weighted by Crippen LogP contribution is -2.29. The topological polar surface area (TPSA) is 81.9 Å². The molecule has 186 valence electrons. The molecule has 5 aromatic rings. The largest absolute Gasteiger partial charge is 0.493 e. The molecule has 1 atom stereocenters. The quantitative estimate of drug-likeness (QED) is 0.275. The van der Waals surface area contributed by atoms with Crippen molar-refractivity contribution in [1.29, 1.82) is 0 Å². The molecule has 8 heteroatoms. The Morgan fingerprint density at radius 3 is 2.51 bits per heavy atom. The molecule has 0 aliphatic carbocycles. The third-order valence-corrected chi connectivity index (χ3v) is 7.79. The minimum Gasteiger partial charge on any atom is -0.493 e. The molecule has 0 unspecified atom stereocenters. The fourth-order valence-corrected chi connectivity index (χ4v) is 5.89. The molecule has 0 spiro atoms. The summed E-state index contributed by atoms with van der Waals surface area (Å²) in [5, 5.41) is 0.919. The van der Waals surface area contributed by atoms with Crippen LogP contribution >= 0.6 is 11.3 Å². The number of rotatable bonds is 5. The minimum atomic E-state index is -0.742. The first-order valence-electron chi connectivity index (χ1n) is 11.9.